The van der Waals surface area contributed by atoms with Crippen molar-refractivity contribution < 1.29 is 15.0 Å². The fourth-order valence-electron chi connectivity index (χ4n) is 5.04. The molecule has 0 atom stereocenters. The summed E-state index contributed by atoms with van der Waals surface area (Å²) in [5, 5.41) is 31.3. The number of rotatable bonds is 4. The first kappa shape index (κ1) is 55.3. The second kappa shape index (κ2) is 28.7. The average molecular weight is 1170 g/mol. The summed E-state index contributed by atoms with van der Waals surface area (Å²) < 4.78 is 0.410. The van der Waals surface area contributed by atoms with Crippen LogP contribution in [-0.2, 0) is 0 Å². The zero-order chi connectivity index (χ0) is 43.3. The molecule has 0 radical (unpaired) electrons. The number of aromatic nitrogens is 3. The van der Waals surface area contributed by atoms with Gasteiger partial charge >= 0.3 is 11.4 Å². The number of piperazine rings is 3. The van der Waals surface area contributed by atoms with Crippen molar-refractivity contribution in [3.05, 3.63) is 62.2 Å². The second-order valence-electron chi connectivity index (χ2n) is 12.7. The number of alkyl halides is 3. The molecule has 58 heavy (non-hydrogen) atoms. The van der Waals surface area contributed by atoms with Crippen LogP contribution in [0.15, 0.2) is 36.8 Å². The number of aliphatic hydroxyl groups excluding tert-OH is 1. The third-order valence-electron chi connectivity index (χ3n) is 8.16. The minimum absolute atomic E-state index is 0. The van der Waals surface area contributed by atoms with E-state index < -0.39 is 9.85 Å². The lowest BCUT2D eigenvalue weighted by Gasteiger charge is -2.33. The van der Waals surface area contributed by atoms with Crippen molar-refractivity contribution in [3.63, 3.8) is 0 Å². The molecule has 3 saturated heterocycles. The normalized spacial score (nSPS) is 15.7. The third kappa shape index (κ3) is 21.0. The summed E-state index contributed by atoms with van der Waals surface area (Å²) in [7, 11) is 7.30. The Morgan fingerprint density at radius 1 is 0.672 bits per heavy atom. The third-order valence-corrected chi connectivity index (χ3v) is 8.44. The van der Waals surface area contributed by atoms with E-state index in [9.17, 15) is 20.2 Å². The van der Waals surface area contributed by atoms with Gasteiger partial charge in [-0.2, -0.15) is 0 Å². The Labute approximate surface area is 387 Å². The maximum Gasteiger partial charge on any atom is 0.334 e. The van der Waals surface area contributed by atoms with Crippen LogP contribution in [0.2, 0.25) is 5.15 Å². The maximum absolute atomic E-state index is 11.0. The lowest BCUT2D eigenvalue weighted by atomic mass is 10.2. The van der Waals surface area contributed by atoms with Gasteiger partial charge in [-0.25, -0.2) is 15.0 Å². The maximum atomic E-state index is 11.0. The Hall–Kier alpha value is -2.67. The fraction of sp³-hybridized carbons (Fsp3) is 0.559. The molecular weight excluding hydrogens is 1110 g/mol. The Balaban J connectivity index is 0.000000727. The van der Waals surface area contributed by atoms with Crippen LogP contribution in [-0.4, -0.2) is 151 Å². The predicted molar refractivity (Wildman–Crippen MR) is 264 cm³/mol. The van der Waals surface area contributed by atoms with Gasteiger partial charge in [0.1, 0.15) is 10.8 Å². The van der Waals surface area contributed by atoms with Gasteiger partial charge in [0.2, 0.25) is 11.0 Å². The van der Waals surface area contributed by atoms with Crippen LogP contribution in [0.4, 0.5) is 45.8 Å². The van der Waals surface area contributed by atoms with Crippen molar-refractivity contribution in [2.24, 2.45) is 0 Å². The highest BCUT2D eigenvalue weighted by Gasteiger charge is 2.26. The molecule has 6 heterocycles. The van der Waals surface area contributed by atoms with Gasteiger partial charge in [0.25, 0.3) is 0 Å². The van der Waals surface area contributed by atoms with Crippen LogP contribution >= 0.6 is 79.4 Å². The van der Waals surface area contributed by atoms with Crippen LogP contribution in [0, 0.1) is 20.2 Å². The Morgan fingerprint density at radius 3 is 1.38 bits per heavy atom. The standard InChI is InChI=1S/C10H15N5O2.C10H17N5.C5H4ClN3O2.C5H12N2.C2H3I3.CH4O.CH4/c1-13-4-6-14(7-5-13)10-9(15(16)17)8(11)2-3-12-10;1-14-4-6-15(7-5-14)10-9(12)8(11)2-3-13-10;6-5-4(9(10)11)3(7)1-2-8-5;1-7-4-2-6-3-5-7;1-2(3,4)5;1-2;/h2-3H,4-7H2,1H3,(H2,11,12);2-3H,4-7,12H2,1H3,(H2,11,13);1-2H,(H2,7,8);6H,2-5H2,1H3;1H3;2H,1H3;1H4. The van der Waals surface area contributed by atoms with Crippen molar-refractivity contribution in [2.45, 2.75) is 13.8 Å². The summed E-state index contributed by atoms with van der Waals surface area (Å²) in [6, 6.07) is 4.51. The Kier molecular flexibility index (Phi) is 27.4. The first-order valence-electron chi connectivity index (χ1n) is 17.5. The van der Waals surface area contributed by atoms with Gasteiger partial charge in [0.05, 0.1) is 21.2 Å². The van der Waals surface area contributed by atoms with Crippen LogP contribution < -0.4 is 38.1 Å². The molecule has 0 saturated carbocycles. The molecule has 20 nitrogen and oxygen atoms in total. The lowest BCUT2D eigenvalue weighted by molar-refractivity contribution is -0.384. The van der Waals surface area contributed by atoms with Crippen molar-refractivity contribution >= 4 is 125 Å². The van der Waals surface area contributed by atoms with Gasteiger partial charge in [0, 0.05) is 104 Å². The minimum Gasteiger partial charge on any atom is -0.400 e. The summed E-state index contributed by atoms with van der Waals surface area (Å²) in [4.78, 5) is 42.9. The molecule has 3 aliphatic rings. The molecule has 3 aromatic heterocycles. The molecule has 3 aromatic rings. The van der Waals surface area contributed by atoms with Crippen molar-refractivity contribution in [3.8, 4) is 0 Å². The highest BCUT2D eigenvalue weighted by atomic mass is 127. The molecule has 328 valence electrons. The molecule has 3 aliphatic heterocycles. The molecular formula is C34H59ClI3N15O5. The number of likely N-dealkylation sites (N-methyl/N-ethyl adjacent to an activating group) is 3. The van der Waals surface area contributed by atoms with Gasteiger partial charge < -0.3 is 57.9 Å². The molecule has 0 bridgehead atoms. The first-order valence-corrected chi connectivity index (χ1v) is 21.1. The van der Waals surface area contributed by atoms with Gasteiger partial charge in [-0.05, 0) is 46.3 Å². The lowest BCUT2D eigenvalue weighted by Crippen LogP contribution is -2.45. The van der Waals surface area contributed by atoms with E-state index in [1.54, 1.807) is 12.3 Å². The van der Waals surface area contributed by atoms with Crippen molar-refractivity contribution in [2.75, 3.05) is 140 Å². The summed E-state index contributed by atoms with van der Waals surface area (Å²) in [6.07, 6.45) is 4.53. The number of nitrogen functional groups attached to an aromatic ring is 4. The zero-order valence-corrected chi connectivity index (χ0v) is 40.1. The number of nitrogens with one attached hydrogen (secondary N) is 1. The quantitative estimate of drug-likeness (QED) is 0.0699. The number of nitrogens with zero attached hydrogens (tertiary/aromatic N) is 10. The molecule has 6 rings (SSSR count). The fourth-order valence-corrected chi connectivity index (χ4v) is 5.27. The smallest absolute Gasteiger partial charge is 0.334 e. The molecule has 0 unspecified atom stereocenters. The number of nitro groups is 2. The van der Waals surface area contributed by atoms with Gasteiger partial charge in [0.15, 0.2) is 5.82 Å². The van der Waals surface area contributed by atoms with Gasteiger partial charge in [-0.15, -0.1) is 0 Å². The van der Waals surface area contributed by atoms with E-state index in [0.29, 0.717) is 16.6 Å². The summed E-state index contributed by atoms with van der Waals surface area (Å²) >= 11 is 12.4. The monoisotopic (exact) mass is 1170 g/mol. The van der Waals surface area contributed by atoms with Gasteiger partial charge in [-0.1, -0.05) is 86.8 Å². The van der Waals surface area contributed by atoms with Crippen LogP contribution in [0.5, 0.6) is 0 Å². The molecule has 0 spiro atoms. The number of hydrogen-bond acceptors (Lipinski definition) is 18. The van der Waals surface area contributed by atoms with Crippen LogP contribution in [0.1, 0.15) is 14.4 Å². The van der Waals surface area contributed by atoms with E-state index >= 15 is 0 Å². The average Bonchev–Trinajstić information content (AvgIpc) is 3.14. The second-order valence-corrected chi connectivity index (χ2v) is 25.7. The molecule has 0 aliphatic carbocycles. The molecule has 0 aromatic carbocycles. The number of pyridine rings is 3. The largest absolute Gasteiger partial charge is 0.400 e. The van der Waals surface area contributed by atoms with E-state index in [0.717, 1.165) is 78.4 Å². The summed E-state index contributed by atoms with van der Waals surface area (Å²) in [6.45, 7) is 14.1. The topological polar surface area (TPSA) is 277 Å². The van der Waals surface area contributed by atoms with Crippen LogP contribution in [0.3, 0.4) is 0 Å². The highest BCUT2D eigenvalue weighted by Crippen LogP contribution is 2.34. The minimum atomic E-state index is -0.662. The van der Waals surface area contributed by atoms with E-state index in [4.69, 9.17) is 39.6 Å². The van der Waals surface area contributed by atoms with Gasteiger partial charge in [-0.3, -0.25) is 20.2 Å². The number of aliphatic hydroxyl groups is 1. The SMILES string of the molecule is C.CC(I)(I)I.CN1CCN(c2nccc(N)c2N)CC1.CN1CCN(c2nccc(N)c2[N+](=O)[O-])CC1.CN1CCNCC1.CO.Nc1ccnc(Cl)c1[N+](=O)[O-]. The number of nitrogens with two attached hydrogens (primary N) is 4. The molecule has 10 N–H and O–H groups in total. The summed E-state index contributed by atoms with van der Waals surface area (Å²) in [5.41, 5.74) is 23.5. The zero-order valence-electron chi connectivity index (χ0n) is 32.8. The number of halogens is 4. The van der Waals surface area contributed by atoms with Crippen molar-refractivity contribution in [1.82, 2.24) is 35.0 Å². The van der Waals surface area contributed by atoms with E-state index in [-0.39, 0.29) is 35.3 Å². The van der Waals surface area contributed by atoms with E-state index in [2.05, 4.69) is 129 Å². The molecule has 0 amide bonds. The van der Waals surface area contributed by atoms with E-state index in [1.807, 2.05) is 11.9 Å². The Bertz CT molecular complexity index is 1630. The van der Waals surface area contributed by atoms with Crippen molar-refractivity contribution in [1.29, 1.82) is 0 Å². The number of hydrogen-bond donors (Lipinski definition) is 6. The predicted octanol–water partition coefficient (Wildman–Crippen LogP) is 4.28. The summed E-state index contributed by atoms with van der Waals surface area (Å²) in [5.74, 6) is 1.20. The molecule has 3 fully saturated rings. The first-order chi connectivity index (χ1) is 26.8. The Morgan fingerprint density at radius 2 is 1.02 bits per heavy atom. The number of anilines is 6. The van der Waals surface area contributed by atoms with E-state index in [1.165, 1.54) is 37.6 Å². The van der Waals surface area contributed by atoms with Crippen LogP contribution in [0.25, 0.3) is 0 Å². The highest BCUT2D eigenvalue weighted by molar-refractivity contribution is 14.3. The molecule has 24 heteroatoms.